The first-order valence-electron chi connectivity index (χ1n) is 5.43. The largest absolute Gasteiger partial charge is 0.465 e. The van der Waals surface area contributed by atoms with Crippen molar-refractivity contribution in [3.8, 4) is 0 Å². The van der Waals surface area contributed by atoms with Crippen LogP contribution in [-0.2, 0) is 22.5 Å². The van der Waals surface area contributed by atoms with Crippen molar-refractivity contribution in [1.82, 2.24) is 9.55 Å². The summed E-state index contributed by atoms with van der Waals surface area (Å²) in [4.78, 5) is 15.5. The van der Waals surface area contributed by atoms with Gasteiger partial charge in [0, 0.05) is 18.8 Å². The molecule has 0 unspecified atom stereocenters. The average Bonchev–Trinajstić information content (AvgIpc) is 2.63. The summed E-state index contributed by atoms with van der Waals surface area (Å²) < 4.78 is 6.74. The van der Waals surface area contributed by atoms with Crippen molar-refractivity contribution in [1.29, 1.82) is 0 Å². The van der Waals surface area contributed by atoms with Crippen LogP contribution in [-0.4, -0.2) is 22.1 Å². The lowest BCUT2D eigenvalue weighted by Crippen LogP contribution is -2.15. The summed E-state index contributed by atoms with van der Waals surface area (Å²) in [5.74, 6) is 0.762. The fourth-order valence-corrected chi connectivity index (χ4v) is 1.39. The van der Waals surface area contributed by atoms with E-state index in [-0.39, 0.29) is 12.5 Å². The molecule has 0 bridgehead atoms. The molecular weight excluding hydrogens is 192 g/mol. The quantitative estimate of drug-likeness (QED) is 0.672. The first kappa shape index (κ1) is 11.8. The normalized spacial score (nSPS) is 10.3. The molecule has 0 aliphatic rings. The van der Waals surface area contributed by atoms with Crippen molar-refractivity contribution in [2.45, 2.75) is 39.7 Å². The molecule has 1 aromatic heterocycles. The fourth-order valence-electron chi connectivity index (χ4n) is 1.39. The van der Waals surface area contributed by atoms with Crippen LogP contribution in [0.4, 0.5) is 0 Å². The van der Waals surface area contributed by atoms with Crippen LogP contribution in [0.25, 0.3) is 0 Å². The maximum Gasteiger partial charge on any atom is 0.325 e. The lowest BCUT2D eigenvalue weighted by Gasteiger charge is -2.06. The molecule has 0 radical (unpaired) electrons. The van der Waals surface area contributed by atoms with Gasteiger partial charge in [-0.1, -0.05) is 13.3 Å². The molecule has 1 heterocycles. The molecule has 0 saturated carbocycles. The van der Waals surface area contributed by atoms with E-state index in [9.17, 15) is 4.79 Å². The third kappa shape index (κ3) is 3.73. The lowest BCUT2D eigenvalue weighted by atomic mass is 10.2. The second kappa shape index (κ2) is 6.22. The van der Waals surface area contributed by atoms with Crippen LogP contribution >= 0.6 is 0 Å². The highest BCUT2D eigenvalue weighted by Gasteiger charge is 2.07. The Morgan fingerprint density at radius 2 is 2.33 bits per heavy atom. The number of esters is 1. The number of rotatable bonds is 6. The monoisotopic (exact) mass is 210 g/mol. The van der Waals surface area contributed by atoms with Crippen LogP contribution in [0.3, 0.4) is 0 Å². The van der Waals surface area contributed by atoms with E-state index in [1.54, 1.807) is 6.20 Å². The van der Waals surface area contributed by atoms with Gasteiger partial charge in [-0.25, -0.2) is 4.98 Å². The Kier molecular flexibility index (Phi) is 4.87. The van der Waals surface area contributed by atoms with Gasteiger partial charge >= 0.3 is 5.97 Å². The fraction of sp³-hybridized carbons (Fsp3) is 0.636. The van der Waals surface area contributed by atoms with E-state index >= 15 is 0 Å². The highest BCUT2D eigenvalue weighted by molar-refractivity contribution is 5.69. The second-order valence-electron chi connectivity index (χ2n) is 3.38. The van der Waals surface area contributed by atoms with Crippen LogP contribution in [0.15, 0.2) is 12.4 Å². The molecule has 0 amide bonds. The van der Waals surface area contributed by atoms with E-state index in [4.69, 9.17) is 4.74 Å². The number of hydrogen-bond donors (Lipinski definition) is 0. The molecule has 0 atom stereocenters. The van der Waals surface area contributed by atoms with Crippen molar-refractivity contribution in [2.75, 3.05) is 6.61 Å². The van der Waals surface area contributed by atoms with Gasteiger partial charge < -0.3 is 9.30 Å². The van der Waals surface area contributed by atoms with Gasteiger partial charge in [0.05, 0.1) is 6.61 Å². The minimum Gasteiger partial charge on any atom is -0.465 e. The summed E-state index contributed by atoms with van der Waals surface area (Å²) in [6, 6.07) is 0. The molecule has 0 N–H and O–H groups in total. The third-order valence-electron chi connectivity index (χ3n) is 2.16. The van der Waals surface area contributed by atoms with Gasteiger partial charge in [-0.05, 0) is 13.3 Å². The SMILES string of the molecule is CCCCc1nccn1CC(=O)OCC. The van der Waals surface area contributed by atoms with Crippen LogP contribution in [0.1, 0.15) is 32.5 Å². The van der Waals surface area contributed by atoms with Crippen molar-refractivity contribution < 1.29 is 9.53 Å². The van der Waals surface area contributed by atoms with Gasteiger partial charge in [0.1, 0.15) is 12.4 Å². The summed E-state index contributed by atoms with van der Waals surface area (Å²) in [7, 11) is 0. The maximum atomic E-state index is 11.3. The summed E-state index contributed by atoms with van der Waals surface area (Å²) in [5.41, 5.74) is 0. The predicted octanol–water partition coefficient (Wildman–Crippen LogP) is 1.79. The number of aromatic nitrogens is 2. The number of nitrogens with zero attached hydrogens (tertiary/aromatic N) is 2. The Bertz CT molecular complexity index is 307. The molecule has 0 aliphatic heterocycles. The molecule has 4 heteroatoms. The van der Waals surface area contributed by atoms with Crippen LogP contribution in [0.2, 0.25) is 0 Å². The van der Waals surface area contributed by atoms with E-state index in [1.165, 1.54) is 0 Å². The Labute approximate surface area is 90.3 Å². The molecule has 0 aromatic carbocycles. The molecular formula is C11H18N2O2. The highest BCUT2D eigenvalue weighted by Crippen LogP contribution is 2.03. The number of carbonyl (C=O) groups is 1. The number of imidazole rings is 1. The molecule has 15 heavy (non-hydrogen) atoms. The van der Waals surface area contributed by atoms with Crippen molar-refractivity contribution in [3.05, 3.63) is 18.2 Å². The smallest absolute Gasteiger partial charge is 0.325 e. The van der Waals surface area contributed by atoms with Crippen molar-refractivity contribution in [2.24, 2.45) is 0 Å². The number of hydrogen-bond acceptors (Lipinski definition) is 3. The Hall–Kier alpha value is -1.32. The van der Waals surface area contributed by atoms with Gasteiger partial charge in [-0.2, -0.15) is 0 Å². The van der Waals surface area contributed by atoms with Gasteiger partial charge in [0.2, 0.25) is 0 Å². The molecule has 0 aliphatic carbocycles. The number of carbonyl (C=O) groups excluding carboxylic acids is 1. The molecule has 1 rings (SSSR count). The van der Waals surface area contributed by atoms with Crippen LogP contribution < -0.4 is 0 Å². The van der Waals surface area contributed by atoms with Crippen molar-refractivity contribution in [3.63, 3.8) is 0 Å². The number of ether oxygens (including phenoxy) is 1. The Morgan fingerprint density at radius 3 is 3.00 bits per heavy atom. The molecule has 4 nitrogen and oxygen atoms in total. The van der Waals surface area contributed by atoms with Gasteiger partial charge in [-0.15, -0.1) is 0 Å². The summed E-state index contributed by atoms with van der Waals surface area (Å²) in [6.45, 7) is 4.65. The lowest BCUT2D eigenvalue weighted by molar-refractivity contribution is -0.143. The van der Waals surface area contributed by atoms with E-state index in [1.807, 2.05) is 17.7 Å². The molecule has 84 valence electrons. The number of aryl methyl sites for hydroxylation is 1. The zero-order valence-corrected chi connectivity index (χ0v) is 9.40. The van der Waals surface area contributed by atoms with Gasteiger partial charge in [-0.3, -0.25) is 4.79 Å². The first-order chi connectivity index (χ1) is 7.27. The van der Waals surface area contributed by atoms with E-state index in [2.05, 4.69) is 11.9 Å². The zero-order valence-electron chi connectivity index (χ0n) is 9.40. The topological polar surface area (TPSA) is 44.1 Å². The Balaban J connectivity index is 2.52. The van der Waals surface area contributed by atoms with Gasteiger partial charge in [0.15, 0.2) is 0 Å². The standard InChI is InChI=1S/C11H18N2O2/c1-3-5-6-10-12-7-8-13(10)9-11(14)15-4-2/h7-8H,3-6,9H2,1-2H3. The predicted molar refractivity (Wildman–Crippen MR) is 57.5 cm³/mol. The maximum absolute atomic E-state index is 11.3. The Morgan fingerprint density at radius 1 is 1.53 bits per heavy atom. The molecule has 0 saturated heterocycles. The molecule has 0 fully saturated rings. The van der Waals surface area contributed by atoms with E-state index in [0.717, 1.165) is 25.1 Å². The van der Waals surface area contributed by atoms with E-state index < -0.39 is 0 Å². The number of unbranched alkanes of at least 4 members (excludes halogenated alkanes) is 1. The first-order valence-corrected chi connectivity index (χ1v) is 5.43. The zero-order chi connectivity index (χ0) is 11.1. The second-order valence-corrected chi connectivity index (χ2v) is 3.38. The molecule has 1 aromatic rings. The average molecular weight is 210 g/mol. The minimum atomic E-state index is -0.201. The summed E-state index contributed by atoms with van der Waals surface area (Å²) in [5, 5.41) is 0. The third-order valence-corrected chi connectivity index (χ3v) is 2.16. The van der Waals surface area contributed by atoms with Crippen molar-refractivity contribution >= 4 is 5.97 Å². The van der Waals surface area contributed by atoms with E-state index in [0.29, 0.717) is 6.61 Å². The summed E-state index contributed by atoms with van der Waals surface area (Å²) >= 11 is 0. The highest BCUT2D eigenvalue weighted by atomic mass is 16.5. The van der Waals surface area contributed by atoms with Gasteiger partial charge in [0.25, 0.3) is 0 Å². The minimum absolute atomic E-state index is 0.201. The van der Waals surface area contributed by atoms with Crippen LogP contribution in [0.5, 0.6) is 0 Å². The summed E-state index contributed by atoms with van der Waals surface area (Å²) in [6.07, 6.45) is 6.70. The molecule has 0 spiro atoms. The van der Waals surface area contributed by atoms with Crippen LogP contribution in [0, 0.1) is 0 Å².